The first-order chi connectivity index (χ1) is 9.95. The fourth-order valence-electron chi connectivity index (χ4n) is 1.87. The third-order valence-electron chi connectivity index (χ3n) is 3.04. The van der Waals surface area contributed by atoms with Crippen molar-refractivity contribution in [2.24, 2.45) is 0 Å². The van der Waals surface area contributed by atoms with Crippen molar-refractivity contribution >= 4 is 11.6 Å². The van der Waals surface area contributed by atoms with Gasteiger partial charge in [0.05, 0.1) is 5.02 Å². The summed E-state index contributed by atoms with van der Waals surface area (Å²) in [5, 5.41) is 3.42. The molecule has 1 aromatic heterocycles. The Hall–Kier alpha value is -1.52. The van der Waals surface area contributed by atoms with Crippen LogP contribution >= 0.6 is 11.6 Å². The van der Waals surface area contributed by atoms with Crippen LogP contribution in [0.15, 0.2) is 28.7 Å². The molecule has 0 fully saturated rings. The van der Waals surface area contributed by atoms with Crippen molar-refractivity contribution in [3.8, 4) is 5.75 Å². The van der Waals surface area contributed by atoms with E-state index in [2.05, 4.69) is 19.2 Å². The van der Waals surface area contributed by atoms with Crippen molar-refractivity contribution in [2.75, 3.05) is 0 Å². The Kier molecular flexibility index (Phi) is 5.26. The first-order valence-electron chi connectivity index (χ1n) is 6.85. The van der Waals surface area contributed by atoms with Crippen LogP contribution in [0.25, 0.3) is 0 Å². The van der Waals surface area contributed by atoms with Crippen molar-refractivity contribution in [1.29, 1.82) is 0 Å². The molecule has 1 N–H and O–H groups in total. The number of ether oxygens (including phenoxy) is 1. The molecule has 0 bridgehead atoms. The molecule has 0 unspecified atom stereocenters. The van der Waals surface area contributed by atoms with Crippen LogP contribution in [-0.2, 0) is 13.2 Å². The minimum atomic E-state index is -0.494. The average molecular weight is 312 g/mol. The molecule has 0 saturated heterocycles. The summed E-state index contributed by atoms with van der Waals surface area (Å²) in [4.78, 5) is 0. The maximum absolute atomic E-state index is 13.3. The molecule has 1 heterocycles. The van der Waals surface area contributed by atoms with Gasteiger partial charge in [0.2, 0.25) is 0 Å². The lowest BCUT2D eigenvalue weighted by Crippen LogP contribution is -2.21. The second-order valence-electron chi connectivity index (χ2n) is 5.19. The molecule has 2 rings (SSSR count). The zero-order valence-corrected chi connectivity index (χ0v) is 13.1. The van der Waals surface area contributed by atoms with Crippen LogP contribution in [0.3, 0.4) is 0 Å². The largest absolute Gasteiger partial charge is 0.486 e. The number of hydrogen-bond donors (Lipinski definition) is 1. The van der Waals surface area contributed by atoms with Gasteiger partial charge in [0.15, 0.2) is 0 Å². The maximum Gasteiger partial charge on any atom is 0.146 e. The summed E-state index contributed by atoms with van der Waals surface area (Å²) in [5.74, 6) is 1.51. The number of aryl methyl sites for hydroxylation is 1. The van der Waals surface area contributed by atoms with E-state index >= 15 is 0 Å². The van der Waals surface area contributed by atoms with Crippen molar-refractivity contribution in [3.63, 3.8) is 0 Å². The third kappa shape index (κ3) is 4.48. The monoisotopic (exact) mass is 311 g/mol. The van der Waals surface area contributed by atoms with Crippen molar-refractivity contribution in [2.45, 2.75) is 40.0 Å². The molecule has 0 spiro atoms. The highest BCUT2D eigenvalue weighted by Crippen LogP contribution is 2.22. The van der Waals surface area contributed by atoms with Gasteiger partial charge in [-0.1, -0.05) is 25.4 Å². The first-order valence-corrected chi connectivity index (χ1v) is 7.23. The van der Waals surface area contributed by atoms with E-state index in [0.717, 1.165) is 17.9 Å². The number of halogens is 2. The molecule has 0 saturated carbocycles. The Balaban J connectivity index is 1.96. The van der Waals surface area contributed by atoms with E-state index in [1.54, 1.807) is 6.07 Å². The number of hydrogen-bond acceptors (Lipinski definition) is 3. The van der Waals surface area contributed by atoms with E-state index in [0.29, 0.717) is 17.6 Å². The number of benzene rings is 1. The smallest absolute Gasteiger partial charge is 0.146 e. The van der Waals surface area contributed by atoms with E-state index in [4.69, 9.17) is 20.8 Å². The Morgan fingerprint density at radius 1 is 1.33 bits per heavy atom. The Bertz CT molecular complexity index is 610. The van der Waals surface area contributed by atoms with Crippen LogP contribution in [0, 0.1) is 12.7 Å². The molecule has 2 aromatic rings. The van der Waals surface area contributed by atoms with Crippen LogP contribution in [-0.4, -0.2) is 6.04 Å². The van der Waals surface area contributed by atoms with Gasteiger partial charge in [-0.05, 0) is 25.1 Å². The standard InChI is InChI=1S/C16H19ClFNO2/c1-10(2)19-8-12-6-14(21-11(12)3)9-20-13-4-5-15(17)16(18)7-13/h4-7,10,19H,8-9H2,1-3H3. The Morgan fingerprint density at radius 2 is 2.10 bits per heavy atom. The van der Waals surface area contributed by atoms with Gasteiger partial charge in [-0.15, -0.1) is 0 Å². The van der Waals surface area contributed by atoms with Crippen LogP contribution in [0.5, 0.6) is 5.75 Å². The molecule has 0 amide bonds. The molecular weight excluding hydrogens is 293 g/mol. The molecule has 0 aliphatic rings. The fourth-order valence-corrected chi connectivity index (χ4v) is 1.99. The van der Waals surface area contributed by atoms with E-state index in [1.807, 2.05) is 13.0 Å². The second kappa shape index (κ2) is 6.96. The molecule has 1 aromatic carbocycles. The van der Waals surface area contributed by atoms with Gasteiger partial charge in [0, 0.05) is 24.2 Å². The van der Waals surface area contributed by atoms with Crippen LogP contribution in [0.2, 0.25) is 5.02 Å². The summed E-state index contributed by atoms with van der Waals surface area (Å²) in [6.45, 7) is 7.11. The lowest BCUT2D eigenvalue weighted by atomic mass is 10.2. The molecule has 0 radical (unpaired) electrons. The summed E-state index contributed by atoms with van der Waals surface area (Å²) >= 11 is 5.63. The van der Waals surface area contributed by atoms with E-state index < -0.39 is 5.82 Å². The zero-order chi connectivity index (χ0) is 15.4. The zero-order valence-electron chi connectivity index (χ0n) is 12.4. The number of nitrogens with one attached hydrogen (secondary N) is 1. The van der Waals surface area contributed by atoms with Gasteiger partial charge in [-0.2, -0.15) is 0 Å². The van der Waals surface area contributed by atoms with Crippen LogP contribution in [0.4, 0.5) is 4.39 Å². The second-order valence-corrected chi connectivity index (χ2v) is 5.60. The third-order valence-corrected chi connectivity index (χ3v) is 3.35. The molecule has 0 atom stereocenters. The minimum absolute atomic E-state index is 0.0817. The molecule has 114 valence electrons. The first kappa shape index (κ1) is 15.9. The Labute approximate surface area is 129 Å². The fraction of sp³-hybridized carbons (Fsp3) is 0.375. The van der Waals surface area contributed by atoms with E-state index in [-0.39, 0.29) is 11.6 Å². The summed E-state index contributed by atoms with van der Waals surface area (Å²) in [5.41, 5.74) is 1.10. The summed E-state index contributed by atoms with van der Waals surface area (Å²) in [6.07, 6.45) is 0. The van der Waals surface area contributed by atoms with Gasteiger partial charge >= 0.3 is 0 Å². The van der Waals surface area contributed by atoms with Gasteiger partial charge in [-0.25, -0.2) is 4.39 Å². The lowest BCUT2D eigenvalue weighted by molar-refractivity contribution is 0.266. The quantitative estimate of drug-likeness (QED) is 0.855. The van der Waals surface area contributed by atoms with Crippen molar-refractivity contribution in [3.05, 3.63) is 52.2 Å². The summed E-state index contributed by atoms with van der Waals surface area (Å²) < 4.78 is 24.5. The normalized spacial score (nSPS) is 11.1. The highest BCUT2D eigenvalue weighted by atomic mass is 35.5. The highest BCUT2D eigenvalue weighted by molar-refractivity contribution is 6.30. The summed E-state index contributed by atoms with van der Waals surface area (Å²) in [6, 6.07) is 6.73. The van der Waals surface area contributed by atoms with Gasteiger partial charge < -0.3 is 14.5 Å². The van der Waals surface area contributed by atoms with E-state index in [9.17, 15) is 4.39 Å². The number of furan rings is 1. The average Bonchev–Trinajstić information content (AvgIpc) is 2.78. The molecule has 21 heavy (non-hydrogen) atoms. The molecule has 3 nitrogen and oxygen atoms in total. The number of rotatable bonds is 6. The predicted molar refractivity (Wildman–Crippen MR) is 81.2 cm³/mol. The van der Waals surface area contributed by atoms with Crippen LogP contribution < -0.4 is 10.1 Å². The van der Waals surface area contributed by atoms with E-state index in [1.165, 1.54) is 12.1 Å². The SMILES string of the molecule is Cc1oc(COc2ccc(Cl)c(F)c2)cc1CNC(C)C. The summed E-state index contributed by atoms with van der Waals surface area (Å²) in [7, 11) is 0. The maximum atomic E-state index is 13.3. The van der Waals surface area contributed by atoms with Gasteiger partial charge in [0.25, 0.3) is 0 Å². The van der Waals surface area contributed by atoms with Gasteiger partial charge in [0.1, 0.15) is 29.7 Å². The predicted octanol–water partition coefficient (Wildman–Crippen LogP) is 4.46. The Morgan fingerprint density at radius 3 is 2.76 bits per heavy atom. The topological polar surface area (TPSA) is 34.4 Å². The highest BCUT2D eigenvalue weighted by Gasteiger charge is 2.09. The molecule has 5 heteroatoms. The molecule has 0 aliphatic carbocycles. The van der Waals surface area contributed by atoms with Gasteiger partial charge in [-0.3, -0.25) is 0 Å². The molecular formula is C16H19ClFNO2. The van der Waals surface area contributed by atoms with Crippen LogP contribution in [0.1, 0.15) is 30.9 Å². The van der Waals surface area contributed by atoms with Crippen molar-refractivity contribution in [1.82, 2.24) is 5.32 Å². The molecule has 0 aliphatic heterocycles. The lowest BCUT2D eigenvalue weighted by Gasteiger charge is -2.06. The van der Waals surface area contributed by atoms with Crippen molar-refractivity contribution < 1.29 is 13.5 Å². The minimum Gasteiger partial charge on any atom is -0.486 e.